The summed E-state index contributed by atoms with van der Waals surface area (Å²) in [6.45, 7) is 13.9. The first-order chi connectivity index (χ1) is 4.83. The van der Waals surface area contributed by atoms with Crippen LogP contribution in [0.2, 0.25) is 0 Å². The van der Waals surface area contributed by atoms with Gasteiger partial charge in [0.25, 0.3) is 0 Å². The zero-order valence-electron chi connectivity index (χ0n) is 9.07. The van der Waals surface area contributed by atoms with E-state index in [4.69, 9.17) is 0 Å². The Morgan fingerprint density at radius 2 is 1.45 bits per heavy atom. The molecule has 0 aromatic carbocycles. The molecule has 0 nitrogen and oxygen atoms in total. The molecule has 0 amide bonds. The minimum atomic E-state index is 0.517. The van der Waals surface area contributed by atoms with E-state index in [-0.39, 0.29) is 0 Å². The van der Waals surface area contributed by atoms with E-state index < -0.39 is 0 Å². The topological polar surface area (TPSA) is 0 Å². The van der Waals surface area contributed by atoms with Crippen LogP contribution in [-0.4, -0.2) is 0 Å². The molecule has 0 aromatic rings. The normalized spacial score (nSPS) is 15.5. The van der Waals surface area contributed by atoms with Gasteiger partial charge in [0.2, 0.25) is 0 Å². The van der Waals surface area contributed by atoms with Crippen molar-refractivity contribution in [2.45, 2.75) is 54.4 Å². The number of rotatable bonds is 3. The van der Waals surface area contributed by atoms with Crippen molar-refractivity contribution in [2.24, 2.45) is 17.3 Å². The van der Waals surface area contributed by atoms with Gasteiger partial charge in [-0.1, -0.05) is 41.5 Å². The molecule has 0 fully saturated rings. The lowest BCUT2D eigenvalue weighted by molar-refractivity contribution is 0.294. The molecule has 0 spiro atoms. The highest BCUT2D eigenvalue weighted by atomic mass is 14.2. The van der Waals surface area contributed by atoms with Gasteiger partial charge < -0.3 is 0 Å². The second-order valence-corrected chi connectivity index (χ2v) is 5.32. The Kier molecular flexibility index (Phi) is 4.13. The van der Waals surface area contributed by atoms with Gasteiger partial charge in [0, 0.05) is 0 Å². The minimum Gasteiger partial charge on any atom is -0.0625 e. The highest BCUT2D eigenvalue weighted by molar-refractivity contribution is 4.65. The zero-order chi connectivity index (χ0) is 9.07. The van der Waals surface area contributed by atoms with Crippen LogP contribution in [0, 0.1) is 17.3 Å². The maximum Gasteiger partial charge on any atom is -0.0383 e. The summed E-state index contributed by atoms with van der Waals surface area (Å²) in [4.78, 5) is 0. The zero-order valence-corrected chi connectivity index (χ0v) is 9.07. The molecule has 0 aliphatic rings. The largest absolute Gasteiger partial charge is 0.0625 e. The minimum absolute atomic E-state index is 0.517. The van der Waals surface area contributed by atoms with Gasteiger partial charge in [-0.05, 0) is 30.1 Å². The van der Waals surface area contributed by atoms with Crippen molar-refractivity contribution in [3.8, 4) is 0 Å². The SMILES string of the molecule is CC(C)C(C)CCC(C)(C)C. The molecule has 0 saturated carbocycles. The standard InChI is InChI=1S/C11H24/c1-9(2)10(3)7-8-11(4,5)6/h9-10H,7-8H2,1-6H3. The Morgan fingerprint density at radius 3 is 1.73 bits per heavy atom. The first-order valence-electron chi connectivity index (χ1n) is 4.83. The van der Waals surface area contributed by atoms with Crippen LogP contribution in [0.25, 0.3) is 0 Å². The van der Waals surface area contributed by atoms with Crippen molar-refractivity contribution >= 4 is 0 Å². The van der Waals surface area contributed by atoms with Crippen molar-refractivity contribution in [1.82, 2.24) is 0 Å². The summed E-state index contributed by atoms with van der Waals surface area (Å²) in [5, 5.41) is 0. The van der Waals surface area contributed by atoms with Crippen molar-refractivity contribution in [2.75, 3.05) is 0 Å². The molecule has 0 N–H and O–H groups in total. The molecule has 0 rings (SSSR count). The van der Waals surface area contributed by atoms with Crippen LogP contribution in [0.4, 0.5) is 0 Å². The van der Waals surface area contributed by atoms with E-state index in [0.717, 1.165) is 11.8 Å². The average molecular weight is 156 g/mol. The fourth-order valence-electron chi connectivity index (χ4n) is 0.994. The van der Waals surface area contributed by atoms with Gasteiger partial charge in [-0.3, -0.25) is 0 Å². The van der Waals surface area contributed by atoms with E-state index >= 15 is 0 Å². The Hall–Kier alpha value is 0. The molecular weight excluding hydrogens is 132 g/mol. The predicted octanol–water partition coefficient (Wildman–Crippen LogP) is 4.10. The van der Waals surface area contributed by atoms with Crippen molar-refractivity contribution < 1.29 is 0 Å². The maximum atomic E-state index is 2.36. The molecule has 0 heteroatoms. The fourth-order valence-corrected chi connectivity index (χ4v) is 0.994. The molecular formula is C11H24. The fraction of sp³-hybridized carbons (Fsp3) is 1.00. The molecule has 1 atom stereocenters. The molecule has 1 unspecified atom stereocenters. The van der Waals surface area contributed by atoms with E-state index in [0.29, 0.717) is 5.41 Å². The highest BCUT2D eigenvalue weighted by Gasteiger charge is 2.13. The first-order valence-corrected chi connectivity index (χ1v) is 4.83. The summed E-state index contributed by atoms with van der Waals surface area (Å²) < 4.78 is 0. The van der Waals surface area contributed by atoms with Gasteiger partial charge in [-0.2, -0.15) is 0 Å². The molecule has 11 heavy (non-hydrogen) atoms. The number of hydrogen-bond donors (Lipinski definition) is 0. The van der Waals surface area contributed by atoms with Crippen LogP contribution in [0.5, 0.6) is 0 Å². The molecule has 0 aliphatic heterocycles. The lowest BCUT2D eigenvalue weighted by Crippen LogP contribution is -2.10. The Morgan fingerprint density at radius 1 is 1.00 bits per heavy atom. The molecule has 0 radical (unpaired) electrons. The predicted molar refractivity (Wildman–Crippen MR) is 52.7 cm³/mol. The van der Waals surface area contributed by atoms with Gasteiger partial charge in [0.05, 0.1) is 0 Å². The van der Waals surface area contributed by atoms with Crippen molar-refractivity contribution in [1.29, 1.82) is 0 Å². The highest BCUT2D eigenvalue weighted by Crippen LogP contribution is 2.26. The van der Waals surface area contributed by atoms with E-state index in [9.17, 15) is 0 Å². The third kappa shape index (κ3) is 6.40. The average Bonchev–Trinajstić information content (AvgIpc) is 1.80. The van der Waals surface area contributed by atoms with Gasteiger partial charge >= 0.3 is 0 Å². The summed E-state index contributed by atoms with van der Waals surface area (Å²) in [6, 6.07) is 0. The summed E-state index contributed by atoms with van der Waals surface area (Å²) in [5.41, 5.74) is 0.517. The molecule has 0 heterocycles. The van der Waals surface area contributed by atoms with Crippen LogP contribution in [0.1, 0.15) is 54.4 Å². The monoisotopic (exact) mass is 156 g/mol. The van der Waals surface area contributed by atoms with E-state index in [1.807, 2.05) is 0 Å². The quantitative estimate of drug-likeness (QED) is 0.577. The molecule has 0 aliphatic carbocycles. The van der Waals surface area contributed by atoms with Gasteiger partial charge in [0.15, 0.2) is 0 Å². The first kappa shape index (κ1) is 11.0. The third-order valence-electron chi connectivity index (χ3n) is 2.49. The van der Waals surface area contributed by atoms with Crippen LogP contribution in [0.15, 0.2) is 0 Å². The smallest absolute Gasteiger partial charge is 0.0383 e. The van der Waals surface area contributed by atoms with Crippen LogP contribution >= 0.6 is 0 Å². The van der Waals surface area contributed by atoms with Crippen LogP contribution < -0.4 is 0 Å². The van der Waals surface area contributed by atoms with Gasteiger partial charge in [0.1, 0.15) is 0 Å². The number of hydrogen-bond acceptors (Lipinski definition) is 0. The summed E-state index contributed by atoms with van der Waals surface area (Å²) in [5.74, 6) is 1.73. The maximum absolute atomic E-state index is 2.36. The van der Waals surface area contributed by atoms with E-state index in [2.05, 4.69) is 41.5 Å². The van der Waals surface area contributed by atoms with Crippen LogP contribution in [0.3, 0.4) is 0 Å². The van der Waals surface area contributed by atoms with Gasteiger partial charge in [-0.25, -0.2) is 0 Å². The lowest BCUT2D eigenvalue weighted by atomic mass is 9.84. The summed E-state index contributed by atoms with van der Waals surface area (Å²) >= 11 is 0. The second kappa shape index (κ2) is 4.13. The Labute approximate surface area is 72.4 Å². The molecule has 0 aromatic heterocycles. The Balaban J connectivity index is 3.54. The summed E-state index contributed by atoms with van der Waals surface area (Å²) in [7, 11) is 0. The van der Waals surface area contributed by atoms with E-state index in [1.165, 1.54) is 12.8 Å². The third-order valence-corrected chi connectivity index (χ3v) is 2.49. The van der Waals surface area contributed by atoms with Crippen molar-refractivity contribution in [3.05, 3.63) is 0 Å². The second-order valence-electron chi connectivity index (χ2n) is 5.32. The molecule has 0 saturated heterocycles. The van der Waals surface area contributed by atoms with Crippen LogP contribution in [-0.2, 0) is 0 Å². The van der Waals surface area contributed by atoms with Crippen molar-refractivity contribution in [3.63, 3.8) is 0 Å². The lowest BCUT2D eigenvalue weighted by Gasteiger charge is -2.22. The molecule has 68 valence electrons. The Bertz CT molecular complexity index is 95.1. The molecule has 0 bridgehead atoms. The van der Waals surface area contributed by atoms with Gasteiger partial charge in [-0.15, -0.1) is 0 Å². The summed E-state index contributed by atoms with van der Waals surface area (Å²) in [6.07, 6.45) is 2.73. The van der Waals surface area contributed by atoms with E-state index in [1.54, 1.807) is 0 Å².